The molecule has 0 radical (unpaired) electrons. The van der Waals surface area contributed by atoms with Crippen molar-refractivity contribution in [3.05, 3.63) is 29.8 Å². The summed E-state index contributed by atoms with van der Waals surface area (Å²) in [5.41, 5.74) is 0. The number of halogens is 2. The van der Waals surface area contributed by atoms with Gasteiger partial charge in [0.25, 0.3) is 0 Å². The monoisotopic (exact) mass is 368 g/mol. The second kappa shape index (κ2) is 6.80. The zero-order valence-corrected chi connectivity index (χ0v) is 14.2. The highest BCUT2D eigenvalue weighted by molar-refractivity contribution is 7.89. The number of sulfonamides is 2. The second-order valence-electron chi connectivity index (χ2n) is 5.13. The molecular weight excluding hydrogens is 350 g/mol. The highest BCUT2D eigenvalue weighted by atomic mass is 32.2. The molecule has 0 unspecified atom stereocenters. The van der Waals surface area contributed by atoms with Gasteiger partial charge in [0.1, 0.15) is 16.5 Å². The lowest BCUT2D eigenvalue weighted by atomic mass is 10.3. The smallest absolute Gasteiger partial charge is 0.212 e. The summed E-state index contributed by atoms with van der Waals surface area (Å²) in [7, 11) is -7.54. The van der Waals surface area contributed by atoms with Crippen LogP contribution in [0, 0.1) is 11.6 Å². The zero-order chi connectivity index (χ0) is 17.3. The maximum Gasteiger partial charge on any atom is 0.246 e. The summed E-state index contributed by atoms with van der Waals surface area (Å²) >= 11 is 0. The molecule has 0 bridgehead atoms. The maximum atomic E-state index is 13.8. The van der Waals surface area contributed by atoms with Gasteiger partial charge in [0.05, 0.1) is 5.75 Å². The first-order valence-corrected chi connectivity index (χ1v) is 10.2. The minimum absolute atomic E-state index is 0.0121. The SMILES string of the molecule is CCS(=O)(=O)N1CCCN(S(=O)(=O)c2ccc(F)cc2F)CC1. The van der Waals surface area contributed by atoms with Gasteiger partial charge in [-0.2, -0.15) is 4.31 Å². The van der Waals surface area contributed by atoms with Crippen molar-refractivity contribution in [1.29, 1.82) is 0 Å². The summed E-state index contributed by atoms with van der Waals surface area (Å²) in [6.45, 7) is 1.75. The maximum absolute atomic E-state index is 13.8. The fourth-order valence-corrected chi connectivity index (χ4v) is 5.04. The van der Waals surface area contributed by atoms with Crippen LogP contribution in [0.4, 0.5) is 8.78 Å². The summed E-state index contributed by atoms with van der Waals surface area (Å²) < 4.78 is 77.7. The Labute approximate surface area is 134 Å². The van der Waals surface area contributed by atoms with E-state index in [-0.39, 0.29) is 31.9 Å². The van der Waals surface area contributed by atoms with Gasteiger partial charge in [-0.25, -0.2) is 29.9 Å². The lowest BCUT2D eigenvalue weighted by Crippen LogP contribution is -2.38. The number of hydrogen-bond acceptors (Lipinski definition) is 4. The van der Waals surface area contributed by atoms with Gasteiger partial charge in [0.2, 0.25) is 20.0 Å². The van der Waals surface area contributed by atoms with Crippen LogP contribution >= 0.6 is 0 Å². The Bertz CT molecular complexity index is 781. The first kappa shape index (κ1) is 18.2. The Kier molecular flexibility index (Phi) is 5.39. The van der Waals surface area contributed by atoms with Crippen LogP contribution in [0.2, 0.25) is 0 Å². The van der Waals surface area contributed by atoms with E-state index < -0.39 is 36.6 Å². The van der Waals surface area contributed by atoms with Gasteiger partial charge in [-0.1, -0.05) is 0 Å². The molecule has 2 rings (SSSR count). The molecule has 6 nitrogen and oxygen atoms in total. The second-order valence-corrected chi connectivity index (χ2v) is 9.30. The standard InChI is InChI=1S/C13H18F2N2O4S2/c1-2-22(18,19)16-6-3-7-17(9-8-16)23(20,21)13-5-4-11(14)10-12(13)15/h4-5,10H,2-3,6-9H2,1H3. The molecule has 1 aromatic rings. The average Bonchev–Trinajstić information content (AvgIpc) is 2.73. The minimum Gasteiger partial charge on any atom is -0.212 e. The molecule has 0 saturated carbocycles. The van der Waals surface area contributed by atoms with Gasteiger partial charge in [-0.15, -0.1) is 0 Å². The molecule has 1 saturated heterocycles. The van der Waals surface area contributed by atoms with E-state index in [4.69, 9.17) is 0 Å². The minimum atomic E-state index is -4.14. The Morgan fingerprint density at radius 3 is 2.22 bits per heavy atom. The zero-order valence-electron chi connectivity index (χ0n) is 12.6. The van der Waals surface area contributed by atoms with E-state index >= 15 is 0 Å². The molecule has 1 aromatic carbocycles. The summed E-state index contributed by atoms with van der Waals surface area (Å²) in [4.78, 5) is -0.606. The quantitative estimate of drug-likeness (QED) is 0.795. The highest BCUT2D eigenvalue weighted by Crippen LogP contribution is 2.22. The van der Waals surface area contributed by atoms with Crippen molar-refractivity contribution in [2.75, 3.05) is 31.9 Å². The van der Waals surface area contributed by atoms with Crippen LogP contribution in [-0.4, -0.2) is 57.4 Å². The van der Waals surface area contributed by atoms with E-state index in [2.05, 4.69) is 0 Å². The van der Waals surface area contributed by atoms with Crippen molar-refractivity contribution >= 4 is 20.0 Å². The number of hydrogen-bond donors (Lipinski definition) is 0. The molecule has 1 aliphatic rings. The van der Waals surface area contributed by atoms with Crippen molar-refractivity contribution in [3.8, 4) is 0 Å². The first-order chi connectivity index (χ1) is 10.7. The fourth-order valence-electron chi connectivity index (χ4n) is 2.39. The largest absolute Gasteiger partial charge is 0.246 e. The van der Waals surface area contributed by atoms with E-state index in [0.29, 0.717) is 12.5 Å². The normalized spacial score (nSPS) is 18.7. The Morgan fingerprint density at radius 2 is 1.61 bits per heavy atom. The van der Waals surface area contributed by atoms with Crippen molar-refractivity contribution < 1.29 is 25.6 Å². The number of nitrogens with zero attached hydrogens (tertiary/aromatic N) is 2. The molecule has 0 N–H and O–H groups in total. The van der Waals surface area contributed by atoms with Gasteiger partial charge in [-0.05, 0) is 25.5 Å². The van der Waals surface area contributed by atoms with E-state index in [1.54, 1.807) is 0 Å². The highest BCUT2D eigenvalue weighted by Gasteiger charge is 2.31. The van der Waals surface area contributed by atoms with Crippen LogP contribution in [0.1, 0.15) is 13.3 Å². The van der Waals surface area contributed by atoms with E-state index in [9.17, 15) is 25.6 Å². The van der Waals surface area contributed by atoms with Crippen molar-refractivity contribution in [3.63, 3.8) is 0 Å². The van der Waals surface area contributed by atoms with Crippen molar-refractivity contribution in [1.82, 2.24) is 8.61 Å². The fraction of sp³-hybridized carbons (Fsp3) is 0.538. The molecule has 1 heterocycles. The number of rotatable bonds is 4. The van der Waals surface area contributed by atoms with Gasteiger partial charge >= 0.3 is 0 Å². The molecule has 130 valence electrons. The summed E-state index contributed by atoms with van der Waals surface area (Å²) in [5.74, 6) is -2.09. The molecule has 0 atom stereocenters. The van der Waals surface area contributed by atoms with E-state index in [1.165, 1.54) is 11.2 Å². The van der Waals surface area contributed by atoms with Crippen LogP contribution < -0.4 is 0 Å². The Morgan fingerprint density at radius 1 is 1.00 bits per heavy atom. The lowest BCUT2D eigenvalue weighted by Gasteiger charge is -2.21. The van der Waals surface area contributed by atoms with Crippen LogP contribution in [0.5, 0.6) is 0 Å². The van der Waals surface area contributed by atoms with E-state index in [0.717, 1.165) is 16.4 Å². The summed E-state index contributed by atoms with van der Waals surface area (Å²) in [6.07, 6.45) is 0.307. The Balaban J connectivity index is 2.25. The molecule has 0 amide bonds. The van der Waals surface area contributed by atoms with Gasteiger partial charge in [0.15, 0.2) is 0 Å². The topological polar surface area (TPSA) is 74.8 Å². The molecule has 0 aromatic heterocycles. The molecule has 1 aliphatic heterocycles. The van der Waals surface area contributed by atoms with Gasteiger partial charge in [-0.3, -0.25) is 0 Å². The molecule has 0 spiro atoms. The molecule has 1 fully saturated rings. The third-order valence-corrected chi connectivity index (χ3v) is 7.50. The predicted molar refractivity (Wildman–Crippen MR) is 80.8 cm³/mol. The van der Waals surface area contributed by atoms with Crippen molar-refractivity contribution in [2.24, 2.45) is 0 Å². The third kappa shape index (κ3) is 3.87. The summed E-state index contributed by atoms with van der Waals surface area (Å²) in [5, 5.41) is 0. The van der Waals surface area contributed by atoms with Crippen molar-refractivity contribution in [2.45, 2.75) is 18.2 Å². The van der Waals surface area contributed by atoms with Crippen LogP contribution in [0.3, 0.4) is 0 Å². The van der Waals surface area contributed by atoms with Crippen LogP contribution in [0.15, 0.2) is 23.1 Å². The molecule has 0 aliphatic carbocycles. The predicted octanol–water partition coefficient (Wildman–Crippen LogP) is 1.01. The summed E-state index contributed by atoms with van der Waals surface area (Å²) in [6, 6.07) is 2.27. The molecule has 23 heavy (non-hydrogen) atoms. The first-order valence-electron chi connectivity index (χ1n) is 7.11. The van der Waals surface area contributed by atoms with Gasteiger partial charge < -0.3 is 0 Å². The Hall–Kier alpha value is -1.10. The average molecular weight is 368 g/mol. The van der Waals surface area contributed by atoms with Crippen LogP contribution in [0.25, 0.3) is 0 Å². The van der Waals surface area contributed by atoms with Crippen LogP contribution in [-0.2, 0) is 20.0 Å². The van der Waals surface area contributed by atoms with Gasteiger partial charge in [0, 0.05) is 32.2 Å². The third-order valence-electron chi connectivity index (χ3n) is 3.68. The number of benzene rings is 1. The molecular formula is C13H18F2N2O4S2. The lowest BCUT2D eigenvalue weighted by molar-refractivity contribution is 0.403. The van der Waals surface area contributed by atoms with E-state index in [1.807, 2.05) is 0 Å². The molecule has 10 heteroatoms.